The van der Waals surface area contributed by atoms with E-state index in [2.05, 4.69) is 4.90 Å². The van der Waals surface area contributed by atoms with Crippen molar-refractivity contribution in [2.75, 3.05) is 6.54 Å². The molecule has 0 aromatic carbocycles. The van der Waals surface area contributed by atoms with Gasteiger partial charge in [0.2, 0.25) is 0 Å². The largest absolute Gasteiger partial charge is 0.481 e. The second kappa shape index (κ2) is 5.83. The van der Waals surface area contributed by atoms with E-state index in [1.165, 1.54) is 12.8 Å². The van der Waals surface area contributed by atoms with Crippen LogP contribution in [-0.2, 0) is 4.79 Å². The Morgan fingerprint density at radius 3 is 2.35 bits per heavy atom. The van der Waals surface area contributed by atoms with Crippen molar-refractivity contribution in [3.05, 3.63) is 0 Å². The summed E-state index contributed by atoms with van der Waals surface area (Å²) in [6.45, 7) is 1.08. The maximum Gasteiger partial charge on any atom is 0.303 e. The number of aliphatic hydroxyl groups excluding tert-OH is 1. The zero-order chi connectivity index (χ0) is 12.3. The highest BCUT2D eigenvalue weighted by Gasteiger charge is 2.39. The van der Waals surface area contributed by atoms with Gasteiger partial charge in [0.1, 0.15) is 0 Å². The summed E-state index contributed by atoms with van der Waals surface area (Å²) in [6, 6.07) is 1.17. The summed E-state index contributed by atoms with van der Waals surface area (Å²) in [6.07, 6.45) is 7.44. The number of nitrogens with zero attached hydrogens (tertiary/aromatic N) is 1. The Hall–Kier alpha value is -0.610. The first-order valence-corrected chi connectivity index (χ1v) is 6.82. The molecule has 17 heavy (non-hydrogen) atoms. The van der Waals surface area contributed by atoms with Gasteiger partial charge >= 0.3 is 5.97 Å². The van der Waals surface area contributed by atoms with Crippen LogP contribution in [0.1, 0.15) is 51.4 Å². The number of hydrogen-bond donors (Lipinski definition) is 2. The van der Waals surface area contributed by atoms with E-state index in [1.807, 2.05) is 0 Å². The smallest absolute Gasteiger partial charge is 0.303 e. The summed E-state index contributed by atoms with van der Waals surface area (Å²) in [5.74, 6) is -0.689. The van der Waals surface area contributed by atoms with Crippen LogP contribution in [0.2, 0.25) is 0 Å². The lowest BCUT2D eigenvalue weighted by molar-refractivity contribution is -0.137. The van der Waals surface area contributed by atoms with Crippen LogP contribution in [0, 0.1) is 0 Å². The van der Waals surface area contributed by atoms with E-state index in [1.54, 1.807) is 0 Å². The van der Waals surface area contributed by atoms with Gasteiger partial charge in [-0.2, -0.15) is 0 Å². The zero-order valence-corrected chi connectivity index (χ0v) is 10.3. The molecular formula is C13H23NO3. The van der Waals surface area contributed by atoms with E-state index >= 15 is 0 Å². The summed E-state index contributed by atoms with van der Waals surface area (Å²) in [5, 5.41) is 18.2. The van der Waals surface area contributed by atoms with Crippen LogP contribution in [-0.4, -0.2) is 45.8 Å². The van der Waals surface area contributed by atoms with Crippen molar-refractivity contribution in [3.8, 4) is 0 Å². The molecule has 2 fully saturated rings. The third kappa shape index (κ3) is 3.42. The second-order valence-electron chi connectivity index (χ2n) is 5.45. The fourth-order valence-corrected chi connectivity index (χ4v) is 3.36. The molecule has 98 valence electrons. The Morgan fingerprint density at radius 2 is 1.76 bits per heavy atom. The van der Waals surface area contributed by atoms with E-state index in [0.717, 1.165) is 38.6 Å². The van der Waals surface area contributed by atoms with Gasteiger partial charge in [-0.1, -0.05) is 6.42 Å². The summed E-state index contributed by atoms with van der Waals surface area (Å²) in [5.41, 5.74) is 0. The molecule has 0 aliphatic carbocycles. The van der Waals surface area contributed by atoms with Crippen molar-refractivity contribution >= 4 is 5.97 Å². The van der Waals surface area contributed by atoms with Gasteiger partial charge in [-0.3, -0.25) is 9.69 Å². The number of hydrogen-bond acceptors (Lipinski definition) is 3. The Bertz CT molecular complexity index is 255. The minimum Gasteiger partial charge on any atom is -0.481 e. The molecule has 2 aliphatic heterocycles. The predicted molar refractivity (Wildman–Crippen MR) is 64.9 cm³/mol. The number of carboxylic acid groups (broad SMARTS) is 1. The van der Waals surface area contributed by atoms with Gasteiger partial charge < -0.3 is 10.2 Å². The van der Waals surface area contributed by atoms with Gasteiger partial charge in [0.15, 0.2) is 0 Å². The lowest BCUT2D eigenvalue weighted by Gasteiger charge is -2.37. The maximum atomic E-state index is 10.4. The molecule has 2 rings (SSSR count). The van der Waals surface area contributed by atoms with Crippen molar-refractivity contribution in [2.45, 2.75) is 69.6 Å². The molecule has 0 radical (unpaired) electrons. The maximum absolute atomic E-state index is 10.4. The summed E-state index contributed by atoms with van der Waals surface area (Å²) >= 11 is 0. The van der Waals surface area contributed by atoms with Crippen LogP contribution in [0.4, 0.5) is 0 Å². The third-order valence-electron chi connectivity index (χ3n) is 4.17. The highest BCUT2D eigenvalue weighted by molar-refractivity contribution is 5.66. The van der Waals surface area contributed by atoms with Crippen molar-refractivity contribution in [3.63, 3.8) is 0 Å². The van der Waals surface area contributed by atoms with Crippen LogP contribution < -0.4 is 0 Å². The van der Waals surface area contributed by atoms with Gasteiger partial charge in [0.05, 0.1) is 6.10 Å². The predicted octanol–water partition coefficient (Wildman–Crippen LogP) is 1.62. The summed E-state index contributed by atoms with van der Waals surface area (Å²) < 4.78 is 0. The standard InChI is InChI=1S/C13H23NO3/c15-12-8-10-5-6-11(9-12)14(10)7-3-1-2-4-13(16)17/h10-12,15H,1-9H2,(H,16,17). The first-order valence-electron chi connectivity index (χ1n) is 6.82. The van der Waals surface area contributed by atoms with E-state index in [-0.39, 0.29) is 6.10 Å². The topological polar surface area (TPSA) is 60.8 Å². The van der Waals surface area contributed by atoms with Crippen LogP contribution in [0.15, 0.2) is 0 Å². The monoisotopic (exact) mass is 241 g/mol. The molecule has 0 spiro atoms. The number of unbranched alkanes of at least 4 members (excludes halogenated alkanes) is 2. The van der Waals surface area contributed by atoms with Crippen LogP contribution in [0.25, 0.3) is 0 Å². The zero-order valence-electron chi connectivity index (χ0n) is 10.3. The van der Waals surface area contributed by atoms with Crippen LogP contribution in [0.3, 0.4) is 0 Å². The number of aliphatic carboxylic acids is 1. The Morgan fingerprint density at radius 1 is 1.12 bits per heavy atom. The summed E-state index contributed by atoms with van der Waals surface area (Å²) in [4.78, 5) is 12.9. The quantitative estimate of drug-likeness (QED) is 0.694. The van der Waals surface area contributed by atoms with Gasteiger partial charge in [0.25, 0.3) is 0 Å². The lowest BCUT2D eigenvalue weighted by atomic mass is 9.99. The molecular weight excluding hydrogens is 218 g/mol. The number of aliphatic hydroxyl groups is 1. The molecule has 2 atom stereocenters. The normalized spacial score (nSPS) is 32.9. The van der Waals surface area contributed by atoms with E-state index in [9.17, 15) is 9.90 Å². The molecule has 2 aliphatic rings. The molecule has 2 heterocycles. The van der Waals surface area contributed by atoms with Crippen molar-refractivity contribution < 1.29 is 15.0 Å². The molecule has 2 saturated heterocycles. The highest BCUT2D eigenvalue weighted by Crippen LogP contribution is 2.35. The van der Waals surface area contributed by atoms with Crippen LogP contribution >= 0.6 is 0 Å². The lowest BCUT2D eigenvalue weighted by Crippen LogP contribution is -2.44. The molecule has 0 saturated carbocycles. The number of carbonyl (C=O) groups is 1. The minimum absolute atomic E-state index is 0.0873. The fourth-order valence-electron chi connectivity index (χ4n) is 3.36. The second-order valence-corrected chi connectivity index (χ2v) is 5.45. The number of carboxylic acids is 1. The van der Waals surface area contributed by atoms with Gasteiger partial charge in [0, 0.05) is 18.5 Å². The average molecular weight is 241 g/mol. The Balaban J connectivity index is 1.65. The molecule has 2 unspecified atom stereocenters. The van der Waals surface area contributed by atoms with Gasteiger partial charge in [-0.05, 0) is 45.1 Å². The highest BCUT2D eigenvalue weighted by atomic mass is 16.4. The minimum atomic E-state index is -0.689. The first kappa shape index (κ1) is 12.8. The van der Waals surface area contributed by atoms with Crippen molar-refractivity contribution in [2.24, 2.45) is 0 Å². The van der Waals surface area contributed by atoms with E-state index in [4.69, 9.17) is 5.11 Å². The fraction of sp³-hybridized carbons (Fsp3) is 0.923. The van der Waals surface area contributed by atoms with Crippen molar-refractivity contribution in [1.29, 1.82) is 0 Å². The van der Waals surface area contributed by atoms with E-state index in [0.29, 0.717) is 18.5 Å². The number of rotatable bonds is 6. The number of fused-ring (bicyclic) bond motifs is 2. The third-order valence-corrected chi connectivity index (χ3v) is 4.17. The molecule has 0 aromatic heterocycles. The Labute approximate surface area is 103 Å². The molecule has 4 nitrogen and oxygen atoms in total. The van der Waals surface area contributed by atoms with Crippen LogP contribution in [0.5, 0.6) is 0 Å². The molecule has 4 heteroatoms. The molecule has 0 aromatic rings. The van der Waals surface area contributed by atoms with Gasteiger partial charge in [-0.25, -0.2) is 0 Å². The number of piperidine rings is 1. The SMILES string of the molecule is O=C(O)CCCCCN1C2CCC1CC(O)C2. The summed E-state index contributed by atoms with van der Waals surface area (Å²) in [7, 11) is 0. The van der Waals surface area contributed by atoms with E-state index < -0.39 is 5.97 Å². The van der Waals surface area contributed by atoms with Crippen molar-refractivity contribution in [1.82, 2.24) is 4.90 Å². The van der Waals surface area contributed by atoms with Gasteiger partial charge in [-0.15, -0.1) is 0 Å². The molecule has 2 bridgehead atoms. The average Bonchev–Trinajstić information content (AvgIpc) is 2.51. The Kier molecular flexibility index (Phi) is 4.40. The molecule has 0 amide bonds. The first-order chi connectivity index (χ1) is 8.16. The molecule has 2 N–H and O–H groups in total.